The van der Waals surface area contributed by atoms with Crippen molar-refractivity contribution in [3.63, 3.8) is 0 Å². The third kappa shape index (κ3) is 4.09. The lowest BCUT2D eigenvalue weighted by molar-refractivity contribution is -0.121. The van der Waals surface area contributed by atoms with Gasteiger partial charge in [0.2, 0.25) is 5.91 Å². The largest absolute Gasteiger partial charge is 0.399 e. The van der Waals surface area contributed by atoms with E-state index in [9.17, 15) is 4.79 Å². The second kappa shape index (κ2) is 6.70. The minimum absolute atomic E-state index is 0.0278. The van der Waals surface area contributed by atoms with Crippen molar-refractivity contribution in [3.8, 4) is 0 Å². The summed E-state index contributed by atoms with van der Waals surface area (Å²) in [4.78, 5) is 16.1. The molecule has 20 heavy (non-hydrogen) atoms. The molecule has 1 amide bonds. The van der Waals surface area contributed by atoms with Gasteiger partial charge in [0.25, 0.3) is 0 Å². The highest BCUT2D eigenvalue weighted by atomic mass is 16.1. The number of rotatable bonds is 5. The number of pyridine rings is 1. The number of carbonyl (C=O) groups is 1. The monoisotopic (exact) mass is 269 g/mol. The molecule has 104 valence electrons. The summed E-state index contributed by atoms with van der Waals surface area (Å²) in [7, 11) is 0. The zero-order valence-corrected chi connectivity index (χ0v) is 11.5. The first-order chi connectivity index (χ1) is 9.65. The number of nitrogen functional groups attached to an aromatic ring is 1. The van der Waals surface area contributed by atoms with Crippen molar-refractivity contribution in [1.82, 2.24) is 10.3 Å². The SMILES string of the molecule is C[C@@H](NC(=O)CCc1ccc(N)cc1)c1ccccn1. The molecule has 4 heteroatoms. The predicted molar refractivity (Wildman–Crippen MR) is 80.0 cm³/mol. The molecule has 2 rings (SSSR count). The number of hydrogen-bond acceptors (Lipinski definition) is 3. The van der Waals surface area contributed by atoms with Crippen LogP contribution in [0.5, 0.6) is 0 Å². The third-order valence-electron chi connectivity index (χ3n) is 3.13. The van der Waals surface area contributed by atoms with Crippen molar-refractivity contribution in [3.05, 3.63) is 59.9 Å². The third-order valence-corrected chi connectivity index (χ3v) is 3.13. The van der Waals surface area contributed by atoms with Crippen molar-refractivity contribution in [2.45, 2.75) is 25.8 Å². The van der Waals surface area contributed by atoms with Gasteiger partial charge in [0, 0.05) is 18.3 Å². The highest BCUT2D eigenvalue weighted by Crippen LogP contribution is 2.10. The van der Waals surface area contributed by atoms with Gasteiger partial charge in [-0.2, -0.15) is 0 Å². The number of nitrogens with one attached hydrogen (secondary N) is 1. The Morgan fingerprint density at radius 2 is 2.00 bits per heavy atom. The van der Waals surface area contributed by atoms with Gasteiger partial charge in [-0.3, -0.25) is 9.78 Å². The molecule has 0 radical (unpaired) electrons. The second-order valence-corrected chi connectivity index (χ2v) is 4.79. The minimum atomic E-state index is -0.0740. The Kier molecular flexibility index (Phi) is 4.71. The molecule has 0 aliphatic heterocycles. The van der Waals surface area contributed by atoms with Gasteiger partial charge < -0.3 is 11.1 Å². The molecular weight excluding hydrogens is 250 g/mol. The van der Waals surface area contributed by atoms with Crippen LogP contribution in [0.15, 0.2) is 48.7 Å². The molecule has 4 nitrogen and oxygen atoms in total. The van der Waals surface area contributed by atoms with Crippen LogP contribution in [-0.2, 0) is 11.2 Å². The molecule has 1 aromatic carbocycles. The number of anilines is 1. The predicted octanol–water partition coefficient (Wildman–Crippen LogP) is 2.47. The Bertz CT molecular complexity index is 552. The molecule has 0 saturated heterocycles. The molecular formula is C16H19N3O. The molecule has 1 aromatic heterocycles. The van der Waals surface area contributed by atoms with Gasteiger partial charge in [0.05, 0.1) is 11.7 Å². The molecule has 0 aliphatic rings. The highest BCUT2D eigenvalue weighted by Gasteiger charge is 2.10. The van der Waals surface area contributed by atoms with E-state index in [2.05, 4.69) is 10.3 Å². The summed E-state index contributed by atoms with van der Waals surface area (Å²) >= 11 is 0. The maximum atomic E-state index is 11.9. The van der Waals surface area contributed by atoms with Gasteiger partial charge in [-0.15, -0.1) is 0 Å². The van der Waals surface area contributed by atoms with Crippen LogP contribution < -0.4 is 11.1 Å². The van der Waals surface area contributed by atoms with Crippen LogP contribution in [0.25, 0.3) is 0 Å². The molecule has 0 bridgehead atoms. The maximum Gasteiger partial charge on any atom is 0.220 e. The summed E-state index contributed by atoms with van der Waals surface area (Å²) in [6, 6.07) is 13.2. The van der Waals surface area contributed by atoms with Gasteiger partial charge in [-0.05, 0) is 43.2 Å². The summed E-state index contributed by atoms with van der Waals surface area (Å²) in [6.45, 7) is 1.93. The van der Waals surface area contributed by atoms with Gasteiger partial charge in [-0.1, -0.05) is 18.2 Å². The Labute approximate surface area is 119 Å². The van der Waals surface area contributed by atoms with E-state index in [1.807, 2.05) is 49.4 Å². The molecule has 0 saturated carbocycles. The molecule has 1 heterocycles. The highest BCUT2D eigenvalue weighted by molar-refractivity contribution is 5.76. The van der Waals surface area contributed by atoms with Crippen molar-refractivity contribution in [2.24, 2.45) is 0 Å². The number of nitrogens with two attached hydrogens (primary N) is 1. The lowest BCUT2D eigenvalue weighted by Crippen LogP contribution is -2.27. The summed E-state index contributed by atoms with van der Waals surface area (Å²) < 4.78 is 0. The fourth-order valence-electron chi connectivity index (χ4n) is 1.96. The van der Waals surface area contributed by atoms with Crippen LogP contribution in [0, 0.1) is 0 Å². The van der Waals surface area contributed by atoms with E-state index in [4.69, 9.17) is 5.73 Å². The van der Waals surface area contributed by atoms with Gasteiger partial charge in [-0.25, -0.2) is 0 Å². The van der Waals surface area contributed by atoms with E-state index < -0.39 is 0 Å². The topological polar surface area (TPSA) is 68.0 Å². The van der Waals surface area contributed by atoms with Crippen LogP contribution in [0.2, 0.25) is 0 Å². The molecule has 0 spiro atoms. The van der Waals surface area contributed by atoms with Crippen molar-refractivity contribution < 1.29 is 4.79 Å². The summed E-state index contributed by atoms with van der Waals surface area (Å²) in [5, 5.41) is 2.95. The quantitative estimate of drug-likeness (QED) is 0.819. The fraction of sp³-hybridized carbons (Fsp3) is 0.250. The molecule has 0 unspecified atom stereocenters. The van der Waals surface area contributed by atoms with Gasteiger partial charge >= 0.3 is 0 Å². The number of benzene rings is 1. The molecule has 3 N–H and O–H groups in total. The summed E-state index contributed by atoms with van der Waals surface area (Å²) in [5.41, 5.74) is 8.34. The van der Waals surface area contributed by atoms with Crippen LogP contribution in [-0.4, -0.2) is 10.9 Å². The lowest BCUT2D eigenvalue weighted by Gasteiger charge is -2.13. The number of amides is 1. The Morgan fingerprint density at radius 1 is 1.25 bits per heavy atom. The fourth-order valence-corrected chi connectivity index (χ4v) is 1.96. The van der Waals surface area contributed by atoms with Crippen molar-refractivity contribution in [1.29, 1.82) is 0 Å². The van der Waals surface area contributed by atoms with E-state index in [1.165, 1.54) is 0 Å². The second-order valence-electron chi connectivity index (χ2n) is 4.79. The van der Waals surface area contributed by atoms with E-state index in [1.54, 1.807) is 6.20 Å². The molecule has 2 aromatic rings. The normalized spacial score (nSPS) is 11.8. The minimum Gasteiger partial charge on any atom is -0.399 e. The van der Waals surface area contributed by atoms with Crippen LogP contribution in [0.4, 0.5) is 5.69 Å². The van der Waals surface area contributed by atoms with Crippen molar-refractivity contribution in [2.75, 3.05) is 5.73 Å². The summed E-state index contributed by atoms with van der Waals surface area (Å²) in [6.07, 6.45) is 2.90. The van der Waals surface area contributed by atoms with E-state index >= 15 is 0 Å². The van der Waals surface area contributed by atoms with E-state index in [0.29, 0.717) is 12.8 Å². The summed E-state index contributed by atoms with van der Waals surface area (Å²) in [5.74, 6) is 0.0278. The number of carbonyl (C=O) groups excluding carboxylic acids is 1. The number of aryl methyl sites for hydroxylation is 1. The maximum absolute atomic E-state index is 11.9. The van der Waals surface area contributed by atoms with Crippen LogP contribution in [0.3, 0.4) is 0 Å². The molecule has 1 atom stereocenters. The Balaban J connectivity index is 1.82. The first kappa shape index (κ1) is 14.1. The molecule has 0 fully saturated rings. The van der Waals surface area contributed by atoms with Crippen molar-refractivity contribution >= 4 is 11.6 Å². The average Bonchev–Trinajstić information content (AvgIpc) is 2.47. The van der Waals surface area contributed by atoms with Crippen LogP contribution >= 0.6 is 0 Å². The number of aromatic nitrogens is 1. The van der Waals surface area contributed by atoms with Crippen LogP contribution in [0.1, 0.15) is 30.6 Å². The zero-order chi connectivity index (χ0) is 14.4. The van der Waals surface area contributed by atoms with E-state index in [-0.39, 0.29) is 11.9 Å². The zero-order valence-electron chi connectivity index (χ0n) is 11.5. The first-order valence-electron chi connectivity index (χ1n) is 6.70. The standard InChI is InChI=1S/C16H19N3O/c1-12(15-4-2-3-11-18-15)19-16(20)10-7-13-5-8-14(17)9-6-13/h2-6,8-9,11-12H,7,10,17H2,1H3,(H,19,20)/t12-/m1/s1. The number of nitrogens with zero attached hydrogens (tertiary/aromatic N) is 1. The average molecular weight is 269 g/mol. The van der Waals surface area contributed by atoms with Gasteiger partial charge in [0.1, 0.15) is 0 Å². The smallest absolute Gasteiger partial charge is 0.220 e. The molecule has 0 aliphatic carbocycles. The Hall–Kier alpha value is -2.36. The Morgan fingerprint density at radius 3 is 2.65 bits per heavy atom. The van der Waals surface area contributed by atoms with E-state index in [0.717, 1.165) is 16.9 Å². The lowest BCUT2D eigenvalue weighted by atomic mass is 10.1. The first-order valence-corrected chi connectivity index (χ1v) is 6.70. The number of hydrogen-bond donors (Lipinski definition) is 2. The van der Waals surface area contributed by atoms with Gasteiger partial charge in [0.15, 0.2) is 0 Å².